The van der Waals surface area contributed by atoms with Gasteiger partial charge in [0.05, 0.1) is 4.92 Å². The Kier molecular flexibility index (Phi) is 3.84. The molecule has 2 rings (SSSR count). The Bertz CT molecular complexity index is 597. The van der Waals surface area contributed by atoms with Crippen molar-refractivity contribution in [1.82, 2.24) is 20.2 Å². The van der Waals surface area contributed by atoms with Crippen molar-refractivity contribution >= 4 is 11.8 Å². The molecule has 0 aliphatic rings. The van der Waals surface area contributed by atoms with Crippen molar-refractivity contribution in [2.45, 2.75) is 6.04 Å². The first-order valence-electron chi connectivity index (χ1n) is 5.47. The maximum Gasteiger partial charge on any atom is 0.404 e. The van der Waals surface area contributed by atoms with E-state index in [9.17, 15) is 14.9 Å². The number of nitrogens with two attached hydrogens (primary N) is 1. The van der Waals surface area contributed by atoms with Crippen molar-refractivity contribution in [2.24, 2.45) is 5.73 Å². The molecule has 0 aliphatic carbocycles. The highest BCUT2D eigenvalue weighted by molar-refractivity contribution is 5.64. The summed E-state index contributed by atoms with van der Waals surface area (Å²) in [7, 11) is 0. The van der Waals surface area contributed by atoms with E-state index in [2.05, 4.69) is 15.4 Å². The summed E-state index contributed by atoms with van der Waals surface area (Å²) < 4.78 is 4.74. The van der Waals surface area contributed by atoms with E-state index >= 15 is 0 Å². The standard InChI is InChI=1S/C10H10N6O4/c11-10(17)20-5-9(15-13-6-12-14-15)7-1-3-8(4-2-7)16(18)19/h1-4,6,9H,5H2,(H2,11,17). The SMILES string of the molecule is NC(=O)OCC(c1ccc([N+](=O)[O-])cc1)n1ncnn1. The lowest BCUT2D eigenvalue weighted by Gasteiger charge is -2.15. The average molecular weight is 278 g/mol. The first-order chi connectivity index (χ1) is 9.58. The van der Waals surface area contributed by atoms with Gasteiger partial charge in [-0.25, -0.2) is 4.79 Å². The van der Waals surface area contributed by atoms with Crippen LogP contribution in [0.3, 0.4) is 0 Å². The fourth-order valence-electron chi connectivity index (χ4n) is 1.59. The molecule has 1 heterocycles. The minimum Gasteiger partial charge on any atom is -0.447 e. The van der Waals surface area contributed by atoms with E-state index in [1.807, 2.05) is 0 Å². The number of hydrogen-bond acceptors (Lipinski definition) is 7. The fraction of sp³-hybridized carbons (Fsp3) is 0.200. The predicted octanol–water partition coefficient (Wildman–Crippen LogP) is 0.266. The van der Waals surface area contributed by atoms with E-state index in [1.54, 1.807) is 0 Å². The molecule has 0 saturated heterocycles. The van der Waals surface area contributed by atoms with Crippen molar-refractivity contribution in [1.29, 1.82) is 0 Å². The maximum atomic E-state index is 10.7. The molecule has 1 unspecified atom stereocenters. The summed E-state index contributed by atoms with van der Waals surface area (Å²) >= 11 is 0. The third-order valence-electron chi connectivity index (χ3n) is 2.52. The lowest BCUT2D eigenvalue weighted by molar-refractivity contribution is -0.384. The van der Waals surface area contributed by atoms with Gasteiger partial charge in [0.2, 0.25) is 0 Å². The molecule has 0 fully saturated rings. The molecule has 10 heteroatoms. The van der Waals surface area contributed by atoms with Crippen LogP contribution < -0.4 is 5.73 Å². The molecule has 1 atom stereocenters. The van der Waals surface area contributed by atoms with Crippen molar-refractivity contribution in [3.8, 4) is 0 Å². The molecular weight excluding hydrogens is 268 g/mol. The van der Waals surface area contributed by atoms with Gasteiger partial charge in [-0.3, -0.25) is 10.1 Å². The van der Waals surface area contributed by atoms with Crippen molar-refractivity contribution in [2.75, 3.05) is 6.61 Å². The number of ether oxygens (including phenoxy) is 1. The summed E-state index contributed by atoms with van der Waals surface area (Å²) in [6, 6.07) is 5.16. The molecule has 2 N–H and O–H groups in total. The van der Waals surface area contributed by atoms with Crippen LogP contribution in [0.1, 0.15) is 11.6 Å². The van der Waals surface area contributed by atoms with Crippen LogP contribution in [-0.4, -0.2) is 37.8 Å². The Morgan fingerprint density at radius 1 is 1.45 bits per heavy atom. The zero-order valence-corrected chi connectivity index (χ0v) is 10.1. The number of rotatable bonds is 5. The molecule has 0 spiro atoms. The van der Waals surface area contributed by atoms with E-state index in [0.717, 1.165) is 0 Å². The van der Waals surface area contributed by atoms with E-state index < -0.39 is 17.1 Å². The molecule has 0 bridgehead atoms. The van der Waals surface area contributed by atoms with Gasteiger partial charge >= 0.3 is 6.09 Å². The van der Waals surface area contributed by atoms with Crippen molar-refractivity contribution < 1.29 is 14.5 Å². The van der Waals surface area contributed by atoms with Crippen LogP contribution in [0.25, 0.3) is 0 Å². The van der Waals surface area contributed by atoms with E-state index in [4.69, 9.17) is 10.5 Å². The summed E-state index contributed by atoms with van der Waals surface area (Å²) in [4.78, 5) is 22.0. The fourth-order valence-corrected chi connectivity index (χ4v) is 1.59. The minimum absolute atomic E-state index is 0.0464. The minimum atomic E-state index is -0.933. The van der Waals surface area contributed by atoms with Gasteiger partial charge in [0.1, 0.15) is 12.6 Å². The highest BCUT2D eigenvalue weighted by Crippen LogP contribution is 2.20. The molecule has 1 aromatic carbocycles. The molecule has 0 aliphatic heterocycles. The smallest absolute Gasteiger partial charge is 0.404 e. The molecule has 0 radical (unpaired) electrons. The summed E-state index contributed by atoms with van der Waals surface area (Å²) in [5.74, 6) is 0. The van der Waals surface area contributed by atoms with Crippen LogP contribution in [0.2, 0.25) is 0 Å². The lowest BCUT2D eigenvalue weighted by Crippen LogP contribution is -2.24. The molecule has 1 amide bonds. The first kappa shape index (κ1) is 13.4. The van der Waals surface area contributed by atoms with E-state index in [1.165, 1.54) is 35.4 Å². The number of aromatic nitrogens is 4. The second-order valence-corrected chi connectivity index (χ2v) is 3.75. The summed E-state index contributed by atoms with van der Waals surface area (Å²) in [6.07, 6.45) is 0.292. The number of nitrogens with zero attached hydrogens (tertiary/aromatic N) is 5. The van der Waals surface area contributed by atoms with Crippen LogP contribution in [0.5, 0.6) is 0 Å². The number of carbonyl (C=O) groups is 1. The summed E-state index contributed by atoms with van der Waals surface area (Å²) in [6.45, 7) is -0.108. The number of nitro benzene ring substituents is 1. The Morgan fingerprint density at radius 2 is 2.15 bits per heavy atom. The van der Waals surface area contributed by atoms with Gasteiger partial charge < -0.3 is 10.5 Å². The molecule has 20 heavy (non-hydrogen) atoms. The van der Waals surface area contributed by atoms with Gasteiger partial charge in [0.15, 0.2) is 6.33 Å². The van der Waals surface area contributed by atoms with Crippen LogP contribution in [0.4, 0.5) is 10.5 Å². The molecular formula is C10H10N6O4. The van der Waals surface area contributed by atoms with Crippen LogP contribution in [0.15, 0.2) is 30.6 Å². The van der Waals surface area contributed by atoms with Gasteiger partial charge in [-0.1, -0.05) is 0 Å². The third-order valence-corrected chi connectivity index (χ3v) is 2.52. The van der Waals surface area contributed by atoms with Gasteiger partial charge in [0, 0.05) is 12.1 Å². The molecule has 2 aromatic rings. The first-order valence-corrected chi connectivity index (χ1v) is 5.47. The van der Waals surface area contributed by atoms with Gasteiger partial charge in [-0.05, 0) is 22.9 Å². The third kappa shape index (κ3) is 3.04. The van der Waals surface area contributed by atoms with Crippen molar-refractivity contribution in [3.05, 3.63) is 46.3 Å². The van der Waals surface area contributed by atoms with Crippen LogP contribution in [-0.2, 0) is 4.74 Å². The zero-order chi connectivity index (χ0) is 14.5. The second-order valence-electron chi connectivity index (χ2n) is 3.75. The van der Waals surface area contributed by atoms with Crippen molar-refractivity contribution in [3.63, 3.8) is 0 Å². The van der Waals surface area contributed by atoms with E-state index in [-0.39, 0.29) is 12.3 Å². The number of benzene rings is 1. The predicted molar refractivity (Wildman–Crippen MR) is 64.6 cm³/mol. The normalized spacial score (nSPS) is 11.8. The second kappa shape index (κ2) is 5.73. The summed E-state index contributed by atoms with van der Waals surface area (Å²) in [5.41, 5.74) is 5.49. The van der Waals surface area contributed by atoms with Crippen LogP contribution >= 0.6 is 0 Å². The van der Waals surface area contributed by atoms with Gasteiger partial charge in [-0.15, -0.1) is 10.2 Å². The highest BCUT2D eigenvalue weighted by Gasteiger charge is 2.19. The zero-order valence-electron chi connectivity index (χ0n) is 10.1. The number of primary amides is 1. The van der Waals surface area contributed by atoms with Gasteiger partial charge in [0.25, 0.3) is 5.69 Å². The number of hydrogen-bond donors (Lipinski definition) is 1. The molecule has 10 nitrogen and oxygen atoms in total. The monoisotopic (exact) mass is 278 g/mol. The number of carbonyl (C=O) groups excluding carboxylic acids is 1. The Hall–Kier alpha value is -3.04. The molecule has 104 valence electrons. The molecule has 1 aromatic heterocycles. The van der Waals surface area contributed by atoms with E-state index in [0.29, 0.717) is 5.56 Å². The topological polar surface area (TPSA) is 139 Å². The quantitative estimate of drug-likeness (QED) is 0.611. The summed E-state index contributed by atoms with van der Waals surface area (Å²) in [5, 5.41) is 21.7. The van der Waals surface area contributed by atoms with Gasteiger partial charge in [-0.2, -0.15) is 4.80 Å². The number of tetrazole rings is 1. The molecule has 0 saturated carbocycles. The van der Waals surface area contributed by atoms with Crippen LogP contribution in [0, 0.1) is 10.1 Å². The highest BCUT2D eigenvalue weighted by atomic mass is 16.6. The number of nitro groups is 1. The number of amides is 1. The number of non-ortho nitro benzene ring substituents is 1. The Balaban J connectivity index is 2.26. The lowest BCUT2D eigenvalue weighted by atomic mass is 10.1. The average Bonchev–Trinajstić information content (AvgIpc) is 2.93. The Labute approximate surface area is 112 Å². The maximum absolute atomic E-state index is 10.7. The Morgan fingerprint density at radius 3 is 2.65 bits per heavy atom. The largest absolute Gasteiger partial charge is 0.447 e.